The topological polar surface area (TPSA) is 74.6 Å². The molecule has 1 aliphatic carbocycles. The molecule has 3 unspecified atom stereocenters. The van der Waals surface area contributed by atoms with Crippen LogP contribution in [0, 0.1) is 0 Å². The highest BCUT2D eigenvalue weighted by Crippen LogP contribution is 2.56. The lowest BCUT2D eigenvalue weighted by Gasteiger charge is -2.42. The van der Waals surface area contributed by atoms with Crippen LogP contribution in [-0.4, -0.2) is 37.3 Å². The molecular weight excluding hydrogens is 385 g/mol. The molecule has 1 rings (SSSR count). The maximum atomic E-state index is 11.4. The highest BCUT2D eigenvalue weighted by Gasteiger charge is 2.68. The fourth-order valence-corrected chi connectivity index (χ4v) is 3.76. The average molecular weight is 389 g/mol. The minimum atomic E-state index is -2.73. The second-order valence-electron chi connectivity index (χ2n) is 3.52. The molecule has 2 N–H and O–H groups in total. The third-order valence-electron chi connectivity index (χ3n) is 2.59. The maximum absolute atomic E-state index is 11.4. The van der Waals surface area contributed by atoms with Crippen molar-refractivity contribution in [1.29, 1.82) is 0 Å². The van der Waals surface area contributed by atoms with Crippen molar-refractivity contribution >= 4 is 81.5 Å². The Morgan fingerprint density at radius 1 is 1.11 bits per heavy atom. The Hall–Kier alpha value is 0.160. The van der Waals surface area contributed by atoms with Crippen LogP contribution in [0.25, 0.3) is 0 Å². The van der Waals surface area contributed by atoms with E-state index in [1.807, 2.05) is 0 Å². The van der Waals surface area contributed by atoms with Crippen LogP contribution in [0.5, 0.6) is 0 Å². The van der Waals surface area contributed by atoms with Crippen molar-refractivity contribution in [3.05, 3.63) is 21.2 Å². The molecule has 1 aliphatic rings. The number of alkyl halides is 3. The van der Waals surface area contributed by atoms with Gasteiger partial charge in [0.1, 0.15) is 0 Å². The SMILES string of the molecule is O=C(O)C1(Cl)C(=CCl)C(Cl)C(Cl)=C(Cl)C1(Cl)C(=O)O. The smallest absolute Gasteiger partial charge is 0.333 e. The van der Waals surface area contributed by atoms with Gasteiger partial charge in [-0.3, -0.25) is 0 Å². The van der Waals surface area contributed by atoms with Gasteiger partial charge in [0.25, 0.3) is 0 Å². The summed E-state index contributed by atoms with van der Waals surface area (Å²) >= 11 is 34.6. The summed E-state index contributed by atoms with van der Waals surface area (Å²) in [5.74, 6) is -3.57. The van der Waals surface area contributed by atoms with Gasteiger partial charge in [0.05, 0.1) is 15.4 Å². The summed E-state index contributed by atoms with van der Waals surface area (Å²) in [6.07, 6.45) is 0. The number of halogens is 6. The molecule has 0 saturated carbocycles. The Labute approximate surface area is 137 Å². The van der Waals surface area contributed by atoms with Crippen LogP contribution >= 0.6 is 69.6 Å². The Bertz CT molecular complexity index is 515. The first-order valence-corrected chi connectivity index (χ1v) is 6.80. The zero-order valence-electron chi connectivity index (χ0n) is 8.63. The number of carbonyl (C=O) groups is 2. The molecule has 0 saturated heterocycles. The van der Waals surface area contributed by atoms with Crippen LogP contribution in [0.15, 0.2) is 21.2 Å². The van der Waals surface area contributed by atoms with E-state index in [1.165, 1.54) is 0 Å². The number of hydrogen-bond donors (Lipinski definition) is 2. The highest BCUT2D eigenvalue weighted by atomic mass is 35.5. The van der Waals surface area contributed by atoms with E-state index in [4.69, 9.17) is 69.6 Å². The molecule has 0 bridgehead atoms. The van der Waals surface area contributed by atoms with Crippen molar-refractivity contribution in [1.82, 2.24) is 0 Å². The first-order valence-electron chi connectivity index (χ1n) is 4.41. The van der Waals surface area contributed by atoms with Crippen LogP contribution in [0.3, 0.4) is 0 Å². The normalized spacial score (nSPS) is 37.6. The number of carboxylic acid groups (broad SMARTS) is 2. The summed E-state index contributed by atoms with van der Waals surface area (Å²) in [5, 5.41) is 16.1. The van der Waals surface area contributed by atoms with Crippen molar-refractivity contribution in [3.8, 4) is 0 Å². The lowest BCUT2D eigenvalue weighted by Crippen LogP contribution is -2.61. The van der Waals surface area contributed by atoms with E-state index in [0.29, 0.717) is 0 Å². The van der Waals surface area contributed by atoms with E-state index >= 15 is 0 Å². The molecular formula is C9H4Cl6O4. The van der Waals surface area contributed by atoms with E-state index in [9.17, 15) is 19.8 Å². The van der Waals surface area contributed by atoms with Gasteiger partial charge in [-0.2, -0.15) is 0 Å². The number of hydrogen-bond acceptors (Lipinski definition) is 2. The molecule has 4 nitrogen and oxygen atoms in total. The zero-order chi connectivity index (χ0) is 15.2. The molecule has 0 fully saturated rings. The van der Waals surface area contributed by atoms with Crippen molar-refractivity contribution < 1.29 is 19.8 Å². The van der Waals surface area contributed by atoms with Gasteiger partial charge >= 0.3 is 11.9 Å². The van der Waals surface area contributed by atoms with Crippen LogP contribution in [0.4, 0.5) is 0 Å². The molecule has 0 aromatic heterocycles. The van der Waals surface area contributed by atoms with Crippen molar-refractivity contribution in [2.24, 2.45) is 0 Å². The van der Waals surface area contributed by atoms with Crippen molar-refractivity contribution in [2.45, 2.75) is 15.1 Å². The van der Waals surface area contributed by atoms with Gasteiger partial charge in [-0.25, -0.2) is 9.59 Å². The van der Waals surface area contributed by atoms with E-state index in [1.54, 1.807) is 0 Å². The zero-order valence-corrected chi connectivity index (χ0v) is 13.2. The molecule has 0 heterocycles. The third kappa shape index (κ3) is 2.13. The molecule has 0 radical (unpaired) electrons. The first kappa shape index (κ1) is 17.2. The van der Waals surface area contributed by atoms with Crippen LogP contribution in [0.1, 0.15) is 0 Å². The predicted molar refractivity (Wildman–Crippen MR) is 74.7 cm³/mol. The van der Waals surface area contributed by atoms with E-state index < -0.39 is 37.7 Å². The van der Waals surface area contributed by atoms with Gasteiger partial charge in [0.15, 0.2) is 4.87 Å². The van der Waals surface area contributed by atoms with Gasteiger partial charge in [-0.15, -0.1) is 11.6 Å². The maximum Gasteiger partial charge on any atom is 0.333 e. The van der Waals surface area contributed by atoms with E-state index in [2.05, 4.69) is 0 Å². The molecule has 0 spiro atoms. The largest absolute Gasteiger partial charge is 0.480 e. The standard InChI is InChI=1S/C9H4Cl6O4/c10-1-2-3(11)4(12)5(13)9(15,7(18)19)8(2,14)6(16)17/h1,3H,(H,16,17)(H,18,19). The molecule has 3 atom stereocenters. The minimum Gasteiger partial charge on any atom is -0.480 e. The highest BCUT2D eigenvalue weighted by molar-refractivity contribution is 6.59. The van der Waals surface area contributed by atoms with Crippen molar-refractivity contribution in [2.75, 3.05) is 0 Å². The minimum absolute atomic E-state index is 0.356. The van der Waals surface area contributed by atoms with Gasteiger partial charge in [0, 0.05) is 5.54 Å². The molecule has 19 heavy (non-hydrogen) atoms. The van der Waals surface area contributed by atoms with Crippen molar-refractivity contribution in [3.63, 3.8) is 0 Å². The number of aliphatic carboxylic acids is 2. The number of carboxylic acids is 2. The van der Waals surface area contributed by atoms with Gasteiger partial charge in [-0.05, 0) is 5.57 Å². The fraction of sp³-hybridized carbons (Fsp3) is 0.333. The summed E-state index contributed by atoms with van der Waals surface area (Å²) in [6.45, 7) is 0. The molecule has 0 aromatic rings. The lowest BCUT2D eigenvalue weighted by atomic mass is 9.78. The number of allylic oxidation sites excluding steroid dienone is 1. The molecule has 0 aromatic carbocycles. The summed E-state index contributed by atoms with van der Waals surface area (Å²) in [4.78, 5) is 17.3. The predicted octanol–water partition coefficient (Wildman–Crippen LogP) is 3.54. The third-order valence-corrected chi connectivity index (χ3v) is 5.87. The Morgan fingerprint density at radius 2 is 1.53 bits per heavy atom. The van der Waals surface area contributed by atoms with Crippen LogP contribution in [0.2, 0.25) is 0 Å². The van der Waals surface area contributed by atoms with Crippen LogP contribution in [-0.2, 0) is 9.59 Å². The summed E-state index contributed by atoms with van der Waals surface area (Å²) < 4.78 is 0. The monoisotopic (exact) mass is 386 g/mol. The Kier molecular flexibility index (Phi) is 4.99. The van der Waals surface area contributed by atoms with Crippen LogP contribution < -0.4 is 0 Å². The van der Waals surface area contributed by atoms with E-state index in [0.717, 1.165) is 5.54 Å². The summed E-state index contributed by atoms with van der Waals surface area (Å²) in [7, 11) is 0. The molecule has 0 aliphatic heterocycles. The van der Waals surface area contributed by atoms with Gasteiger partial charge in [0.2, 0.25) is 4.87 Å². The quantitative estimate of drug-likeness (QED) is 0.709. The summed E-state index contributed by atoms with van der Waals surface area (Å²) in [5.41, 5.74) is 0.335. The Balaban J connectivity index is 3.84. The number of rotatable bonds is 2. The Morgan fingerprint density at radius 3 is 1.84 bits per heavy atom. The first-order chi connectivity index (χ1) is 8.56. The molecule has 10 heteroatoms. The second-order valence-corrected chi connectivity index (χ2v) is 6.09. The molecule has 106 valence electrons. The average Bonchev–Trinajstić information content (AvgIpc) is 2.34. The lowest BCUT2D eigenvalue weighted by molar-refractivity contribution is -0.147. The van der Waals surface area contributed by atoms with Gasteiger partial charge in [-0.1, -0.05) is 58.0 Å². The fourth-order valence-electron chi connectivity index (χ4n) is 1.58. The van der Waals surface area contributed by atoms with E-state index in [-0.39, 0.29) is 5.03 Å². The molecule has 0 amide bonds. The van der Waals surface area contributed by atoms with Gasteiger partial charge < -0.3 is 10.2 Å². The summed E-state index contributed by atoms with van der Waals surface area (Å²) in [6, 6.07) is 0. The second kappa shape index (κ2) is 5.51.